The van der Waals surface area contributed by atoms with Gasteiger partial charge in [0.05, 0.1) is 17.4 Å². The molecule has 1 aromatic heterocycles. The van der Waals surface area contributed by atoms with Gasteiger partial charge in [-0.05, 0) is 42.0 Å². The van der Waals surface area contributed by atoms with E-state index in [-0.39, 0.29) is 12.0 Å². The first-order valence-corrected chi connectivity index (χ1v) is 9.84. The fourth-order valence-corrected chi connectivity index (χ4v) is 4.00. The number of ether oxygens (including phenoxy) is 1. The van der Waals surface area contributed by atoms with Crippen LogP contribution in [0.1, 0.15) is 23.3 Å². The summed E-state index contributed by atoms with van der Waals surface area (Å²) in [5.41, 5.74) is 1.72. The number of nitrogens with zero attached hydrogens (tertiary/aromatic N) is 1. The minimum atomic E-state index is 0.00239. The standard InChI is InChI=1S/C20H23N3O2S/c21-10-9-16-5-7-17(8-6-16)22-20(24)15-23(13-18-3-1-11-25-18)14-19-4-2-12-26-19/h2,4-8,12,18H,1,3,9,11,13-15H2,(H,22,24)/p+1/t18-/m0/s1. The maximum atomic E-state index is 12.5. The zero-order valence-corrected chi connectivity index (χ0v) is 15.6. The summed E-state index contributed by atoms with van der Waals surface area (Å²) < 4.78 is 5.76. The minimum Gasteiger partial charge on any atom is -0.372 e. The van der Waals surface area contributed by atoms with E-state index in [1.807, 2.05) is 30.3 Å². The van der Waals surface area contributed by atoms with Crippen molar-refractivity contribution in [1.29, 1.82) is 5.26 Å². The first-order chi connectivity index (χ1) is 12.7. The van der Waals surface area contributed by atoms with Crippen molar-refractivity contribution in [2.45, 2.75) is 31.9 Å². The summed E-state index contributed by atoms with van der Waals surface area (Å²) in [6, 6.07) is 13.7. The first kappa shape index (κ1) is 18.6. The van der Waals surface area contributed by atoms with Crippen molar-refractivity contribution in [3.8, 4) is 6.07 Å². The Bertz CT molecular complexity index is 731. The molecule has 1 aromatic carbocycles. The molecule has 1 saturated heterocycles. The van der Waals surface area contributed by atoms with Gasteiger partial charge in [0.15, 0.2) is 6.54 Å². The van der Waals surface area contributed by atoms with E-state index < -0.39 is 0 Å². The van der Waals surface area contributed by atoms with Gasteiger partial charge in [-0.15, -0.1) is 11.3 Å². The molecule has 0 spiro atoms. The second-order valence-corrected chi connectivity index (χ2v) is 7.63. The predicted octanol–water partition coefficient (Wildman–Crippen LogP) is 2.02. The van der Waals surface area contributed by atoms with Crippen LogP contribution in [0.15, 0.2) is 41.8 Å². The topological polar surface area (TPSA) is 66.6 Å². The molecule has 2 N–H and O–H groups in total. The number of anilines is 1. The highest BCUT2D eigenvalue weighted by Gasteiger charge is 2.24. The molecule has 0 saturated carbocycles. The lowest BCUT2D eigenvalue weighted by atomic mass is 10.1. The van der Waals surface area contributed by atoms with Gasteiger partial charge in [0, 0.05) is 12.3 Å². The lowest BCUT2D eigenvalue weighted by Gasteiger charge is -2.21. The summed E-state index contributed by atoms with van der Waals surface area (Å²) in [6.45, 7) is 2.94. The number of hydrogen-bond donors (Lipinski definition) is 2. The van der Waals surface area contributed by atoms with E-state index in [0.29, 0.717) is 13.0 Å². The quantitative estimate of drug-likeness (QED) is 0.747. The number of thiophene rings is 1. The van der Waals surface area contributed by atoms with Gasteiger partial charge in [-0.1, -0.05) is 18.2 Å². The van der Waals surface area contributed by atoms with Crippen LogP contribution in [0.2, 0.25) is 0 Å². The van der Waals surface area contributed by atoms with Crippen molar-refractivity contribution in [2.24, 2.45) is 0 Å². The summed E-state index contributed by atoms with van der Waals surface area (Å²) in [4.78, 5) is 15.0. The molecule has 26 heavy (non-hydrogen) atoms. The number of carbonyl (C=O) groups is 1. The molecule has 6 heteroatoms. The molecule has 1 aliphatic heterocycles. The third kappa shape index (κ3) is 5.67. The van der Waals surface area contributed by atoms with E-state index in [2.05, 4.69) is 22.8 Å². The number of nitrogens with one attached hydrogen (secondary N) is 2. The Morgan fingerprint density at radius 1 is 1.35 bits per heavy atom. The zero-order valence-electron chi connectivity index (χ0n) is 14.7. The second-order valence-electron chi connectivity index (χ2n) is 6.60. The summed E-state index contributed by atoms with van der Waals surface area (Å²) in [6.07, 6.45) is 2.82. The van der Waals surface area contributed by atoms with Gasteiger partial charge in [0.25, 0.3) is 5.91 Å². The Morgan fingerprint density at radius 2 is 2.19 bits per heavy atom. The average Bonchev–Trinajstić information content (AvgIpc) is 3.31. The number of quaternary nitrogens is 1. The Morgan fingerprint density at radius 3 is 2.85 bits per heavy atom. The summed E-state index contributed by atoms with van der Waals surface area (Å²) in [7, 11) is 0. The van der Waals surface area contributed by atoms with Crippen molar-refractivity contribution in [2.75, 3.05) is 25.0 Å². The Labute approximate surface area is 158 Å². The maximum Gasteiger partial charge on any atom is 0.279 e. The molecule has 1 fully saturated rings. The molecule has 1 unspecified atom stereocenters. The number of nitriles is 1. The van der Waals surface area contributed by atoms with Crippen LogP contribution >= 0.6 is 11.3 Å². The highest BCUT2D eigenvalue weighted by atomic mass is 32.1. The van der Waals surface area contributed by atoms with Gasteiger partial charge in [-0.3, -0.25) is 4.79 Å². The number of benzene rings is 1. The molecule has 0 bridgehead atoms. The number of amides is 1. The largest absolute Gasteiger partial charge is 0.372 e. The monoisotopic (exact) mass is 370 g/mol. The van der Waals surface area contributed by atoms with Crippen LogP contribution in [-0.4, -0.2) is 31.7 Å². The van der Waals surface area contributed by atoms with Crippen molar-refractivity contribution >= 4 is 22.9 Å². The van der Waals surface area contributed by atoms with E-state index in [0.717, 1.165) is 43.8 Å². The molecule has 136 valence electrons. The molecule has 3 rings (SSSR count). The predicted molar refractivity (Wildman–Crippen MR) is 102 cm³/mol. The minimum absolute atomic E-state index is 0.00239. The van der Waals surface area contributed by atoms with Crippen LogP contribution in [0.25, 0.3) is 0 Å². The average molecular weight is 370 g/mol. The molecular weight excluding hydrogens is 346 g/mol. The SMILES string of the molecule is N#CCc1ccc(NC(=O)C[NH+](Cc2cccs2)C[C@@H]2CCCO2)cc1. The molecule has 0 aliphatic carbocycles. The van der Waals surface area contributed by atoms with Crippen LogP contribution in [0, 0.1) is 11.3 Å². The van der Waals surface area contributed by atoms with Crippen LogP contribution in [0.5, 0.6) is 0 Å². The Hall–Kier alpha value is -2.20. The molecule has 1 amide bonds. The van der Waals surface area contributed by atoms with Crippen LogP contribution in [0.3, 0.4) is 0 Å². The van der Waals surface area contributed by atoms with E-state index >= 15 is 0 Å². The normalized spacial score (nSPS) is 17.6. The van der Waals surface area contributed by atoms with E-state index in [4.69, 9.17) is 10.00 Å². The van der Waals surface area contributed by atoms with Gasteiger partial charge in [-0.25, -0.2) is 0 Å². The number of rotatable bonds is 8. The molecule has 2 aromatic rings. The van der Waals surface area contributed by atoms with Gasteiger partial charge in [0.2, 0.25) is 0 Å². The molecular formula is C20H24N3O2S+. The fraction of sp³-hybridized carbons (Fsp3) is 0.400. The van der Waals surface area contributed by atoms with E-state index in [1.165, 1.54) is 9.78 Å². The smallest absolute Gasteiger partial charge is 0.279 e. The summed E-state index contributed by atoms with van der Waals surface area (Å²) in [5, 5.41) is 13.8. The first-order valence-electron chi connectivity index (χ1n) is 8.96. The molecule has 2 atom stereocenters. The number of carbonyl (C=O) groups excluding carboxylic acids is 1. The van der Waals surface area contributed by atoms with Gasteiger partial charge in [0.1, 0.15) is 19.2 Å². The third-order valence-corrected chi connectivity index (χ3v) is 5.35. The Balaban J connectivity index is 1.57. The molecule has 2 heterocycles. The Kier molecular flexibility index (Phi) is 6.78. The van der Waals surface area contributed by atoms with Crippen molar-refractivity contribution in [3.63, 3.8) is 0 Å². The van der Waals surface area contributed by atoms with Gasteiger partial charge in [-0.2, -0.15) is 5.26 Å². The fourth-order valence-electron chi connectivity index (χ4n) is 3.22. The van der Waals surface area contributed by atoms with E-state index in [1.54, 1.807) is 11.3 Å². The van der Waals surface area contributed by atoms with Crippen LogP contribution < -0.4 is 10.2 Å². The zero-order chi connectivity index (χ0) is 18.2. The summed E-state index contributed by atoms with van der Waals surface area (Å²) >= 11 is 1.73. The summed E-state index contributed by atoms with van der Waals surface area (Å²) in [5.74, 6) is 0.00239. The molecule has 1 aliphatic rings. The van der Waals surface area contributed by atoms with Crippen molar-refractivity contribution in [1.82, 2.24) is 0 Å². The van der Waals surface area contributed by atoms with Gasteiger partial charge < -0.3 is 15.0 Å². The van der Waals surface area contributed by atoms with Crippen molar-refractivity contribution < 1.29 is 14.4 Å². The lowest BCUT2D eigenvalue weighted by Crippen LogP contribution is -3.12. The molecule has 5 nitrogen and oxygen atoms in total. The third-order valence-electron chi connectivity index (χ3n) is 4.48. The lowest BCUT2D eigenvalue weighted by molar-refractivity contribution is -0.908. The van der Waals surface area contributed by atoms with Gasteiger partial charge >= 0.3 is 0 Å². The highest BCUT2D eigenvalue weighted by Crippen LogP contribution is 2.11. The van der Waals surface area contributed by atoms with E-state index in [9.17, 15) is 4.79 Å². The second kappa shape index (κ2) is 9.48. The molecule has 0 radical (unpaired) electrons. The van der Waals surface area contributed by atoms with Crippen molar-refractivity contribution in [3.05, 3.63) is 52.2 Å². The number of hydrogen-bond acceptors (Lipinski definition) is 4. The highest BCUT2D eigenvalue weighted by molar-refractivity contribution is 7.09. The maximum absolute atomic E-state index is 12.5. The van der Waals surface area contributed by atoms with Crippen LogP contribution in [-0.2, 0) is 22.5 Å². The van der Waals surface area contributed by atoms with Crippen LogP contribution in [0.4, 0.5) is 5.69 Å².